The van der Waals surface area contributed by atoms with Crippen molar-refractivity contribution in [2.24, 2.45) is 11.8 Å². The lowest BCUT2D eigenvalue weighted by molar-refractivity contribution is -0.131. The van der Waals surface area contributed by atoms with Crippen molar-refractivity contribution in [3.63, 3.8) is 0 Å². The molecule has 0 aliphatic heterocycles. The van der Waals surface area contributed by atoms with Crippen molar-refractivity contribution in [1.82, 2.24) is 0 Å². The predicted molar refractivity (Wildman–Crippen MR) is 95.2 cm³/mol. The fraction of sp³-hybridized carbons (Fsp3) is 0.333. The lowest BCUT2D eigenvalue weighted by Crippen LogP contribution is -2.47. The molecule has 0 aromatic heterocycles. The van der Waals surface area contributed by atoms with Crippen molar-refractivity contribution in [2.75, 3.05) is 14.2 Å². The second kappa shape index (κ2) is 7.09. The summed E-state index contributed by atoms with van der Waals surface area (Å²) in [7, 11) is 3.21. The molecule has 0 spiro atoms. The third-order valence-corrected chi connectivity index (χ3v) is 5.23. The maximum atomic E-state index is 12.5. The fourth-order valence-electron chi connectivity index (χ4n) is 4.14. The molecule has 1 aliphatic carbocycles. The Kier molecular flexibility index (Phi) is 4.88. The quantitative estimate of drug-likeness (QED) is 0.755. The van der Waals surface area contributed by atoms with Crippen LogP contribution >= 0.6 is 0 Å². The Morgan fingerprint density at radius 2 is 1.32 bits per heavy atom. The van der Waals surface area contributed by atoms with Gasteiger partial charge in [-0.15, -0.1) is 0 Å². The van der Waals surface area contributed by atoms with Gasteiger partial charge in [-0.3, -0.25) is 4.79 Å². The number of para-hydroxylation sites is 2. The summed E-state index contributed by atoms with van der Waals surface area (Å²) < 4.78 is 10.9. The van der Waals surface area contributed by atoms with Crippen LogP contribution in [0, 0.1) is 11.8 Å². The van der Waals surface area contributed by atoms with E-state index in [0.717, 1.165) is 17.4 Å². The number of Topliss-reactive ketones (excluding diaryl/α,β-unsaturated/α-hetero) is 1. The number of benzene rings is 2. The molecule has 3 unspecified atom stereocenters. The first-order valence-electron chi connectivity index (χ1n) is 8.35. The van der Waals surface area contributed by atoms with E-state index in [1.165, 1.54) is 0 Å². The number of ketones is 1. The first-order valence-corrected chi connectivity index (χ1v) is 8.35. The minimum absolute atomic E-state index is 0.0740. The molecule has 0 radical (unpaired) electrons. The zero-order valence-corrected chi connectivity index (χ0v) is 14.6. The van der Waals surface area contributed by atoms with E-state index in [-0.39, 0.29) is 29.5 Å². The van der Waals surface area contributed by atoms with E-state index in [1.54, 1.807) is 21.1 Å². The number of hydrogen-bond donors (Lipinski definition) is 0. The molecule has 0 amide bonds. The fourth-order valence-corrected chi connectivity index (χ4v) is 4.14. The highest BCUT2D eigenvalue weighted by molar-refractivity contribution is 5.85. The normalized spacial score (nSPS) is 24.9. The van der Waals surface area contributed by atoms with Crippen molar-refractivity contribution in [1.29, 1.82) is 0 Å². The summed E-state index contributed by atoms with van der Waals surface area (Å²) in [5.74, 6) is 0.574. The molecule has 0 saturated heterocycles. The first-order chi connectivity index (χ1) is 12.1. The Morgan fingerprint density at radius 1 is 0.880 bits per heavy atom. The van der Waals surface area contributed by atoms with Gasteiger partial charge in [0.15, 0.2) is 0 Å². The molecular formula is C21H22O4. The van der Waals surface area contributed by atoms with Crippen LogP contribution in [0.5, 0.6) is 11.5 Å². The van der Waals surface area contributed by atoms with Crippen LogP contribution in [-0.2, 0) is 9.59 Å². The molecule has 1 saturated carbocycles. The number of hydrogen-bond acceptors (Lipinski definition) is 4. The molecule has 0 bridgehead atoms. The van der Waals surface area contributed by atoms with Crippen LogP contribution in [0.25, 0.3) is 0 Å². The molecule has 130 valence electrons. The van der Waals surface area contributed by atoms with E-state index in [2.05, 4.69) is 0 Å². The SMILES string of the molecule is COc1ccccc1C1C(C=O)[C@H](c2ccccc2OC)C1C(C)=O. The largest absolute Gasteiger partial charge is 0.496 e. The Morgan fingerprint density at radius 3 is 1.68 bits per heavy atom. The summed E-state index contributed by atoms with van der Waals surface area (Å²) in [6, 6.07) is 15.2. The highest BCUT2D eigenvalue weighted by atomic mass is 16.5. The summed E-state index contributed by atoms with van der Waals surface area (Å²) >= 11 is 0. The molecule has 3 rings (SSSR count). The van der Waals surface area contributed by atoms with Crippen molar-refractivity contribution in [3.05, 3.63) is 59.7 Å². The summed E-state index contributed by atoms with van der Waals surface area (Å²) in [4.78, 5) is 24.4. The van der Waals surface area contributed by atoms with Crippen LogP contribution in [0.4, 0.5) is 0 Å². The Bertz CT molecular complexity index is 727. The van der Waals surface area contributed by atoms with E-state index in [0.29, 0.717) is 11.5 Å². The zero-order valence-electron chi connectivity index (χ0n) is 14.6. The number of methoxy groups -OCH3 is 2. The maximum Gasteiger partial charge on any atom is 0.134 e. The van der Waals surface area contributed by atoms with E-state index in [1.807, 2.05) is 48.5 Å². The van der Waals surface area contributed by atoms with Crippen molar-refractivity contribution >= 4 is 12.1 Å². The first kappa shape index (κ1) is 17.2. The van der Waals surface area contributed by atoms with Gasteiger partial charge >= 0.3 is 0 Å². The number of carbonyl (C=O) groups excluding carboxylic acids is 2. The van der Waals surface area contributed by atoms with Crippen LogP contribution in [0.3, 0.4) is 0 Å². The van der Waals surface area contributed by atoms with E-state index in [9.17, 15) is 9.59 Å². The van der Waals surface area contributed by atoms with Gasteiger partial charge in [-0.1, -0.05) is 36.4 Å². The smallest absolute Gasteiger partial charge is 0.134 e. The molecule has 1 aliphatic rings. The highest BCUT2D eigenvalue weighted by Gasteiger charge is 2.55. The molecule has 25 heavy (non-hydrogen) atoms. The van der Waals surface area contributed by atoms with Gasteiger partial charge in [-0.05, 0) is 30.2 Å². The molecule has 4 nitrogen and oxygen atoms in total. The summed E-state index contributed by atoms with van der Waals surface area (Å²) in [5.41, 5.74) is 1.82. The Labute approximate surface area is 147 Å². The third-order valence-electron chi connectivity index (χ3n) is 5.23. The molecule has 0 heterocycles. The average Bonchev–Trinajstić information content (AvgIpc) is 2.61. The minimum atomic E-state index is -0.290. The van der Waals surface area contributed by atoms with E-state index in [4.69, 9.17) is 9.47 Å². The standard InChI is InChI=1S/C21H22O4/c1-13(23)19-20(14-8-4-6-10-17(14)24-2)16(12-22)21(19)15-9-5-7-11-18(15)25-3/h4-12,16,19-21H,1-3H3/t16?,19?,20-,21?/m0/s1. The van der Waals surface area contributed by atoms with Gasteiger partial charge < -0.3 is 14.3 Å². The molecule has 1 fully saturated rings. The maximum absolute atomic E-state index is 12.5. The summed E-state index contributed by atoms with van der Waals surface area (Å²) in [6.07, 6.45) is 0.966. The molecule has 2 aromatic carbocycles. The van der Waals surface area contributed by atoms with Gasteiger partial charge in [0.2, 0.25) is 0 Å². The van der Waals surface area contributed by atoms with Crippen molar-refractivity contribution in [2.45, 2.75) is 18.8 Å². The van der Waals surface area contributed by atoms with Crippen LogP contribution in [0.1, 0.15) is 29.9 Å². The van der Waals surface area contributed by atoms with Crippen molar-refractivity contribution < 1.29 is 19.1 Å². The topological polar surface area (TPSA) is 52.6 Å². The van der Waals surface area contributed by atoms with Crippen LogP contribution in [0.2, 0.25) is 0 Å². The van der Waals surface area contributed by atoms with Gasteiger partial charge in [0, 0.05) is 23.7 Å². The summed E-state index contributed by atoms with van der Waals surface area (Å²) in [5, 5.41) is 0. The second-order valence-electron chi connectivity index (χ2n) is 6.39. The second-order valence-corrected chi connectivity index (χ2v) is 6.39. The van der Waals surface area contributed by atoms with Crippen LogP contribution < -0.4 is 9.47 Å². The van der Waals surface area contributed by atoms with Crippen LogP contribution in [0.15, 0.2) is 48.5 Å². The van der Waals surface area contributed by atoms with E-state index >= 15 is 0 Å². The summed E-state index contributed by atoms with van der Waals surface area (Å²) in [6.45, 7) is 1.59. The molecule has 2 aromatic rings. The van der Waals surface area contributed by atoms with Crippen molar-refractivity contribution in [3.8, 4) is 11.5 Å². The average molecular weight is 338 g/mol. The number of ether oxygens (including phenoxy) is 2. The van der Waals surface area contributed by atoms with E-state index < -0.39 is 0 Å². The Balaban J connectivity index is 2.08. The lowest BCUT2D eigenvalue weighted by atomic mass is 9.52. The highest BCUT2D eigenvalue weighted by Crippen LogP contribution is 2.59. The number of rotatable bonds is 6. The third kappa shape index (κ3) is 2.82. The molecule has 0 N–H and O–H groups in total. The molecule has 4 atom stereocenters. The van der Waals surface area contributed by atoms with Gasteiger partial charge in [0.25, 0.3) is 0 Å². The zero-order chi connectivity index (χ0) is 18.0. The minimum Gasteiger partial charge on any atom is -0.496 e. The monoisotopic (exact) mass is 338 g/mol. The van der Waals surface area contributed by atoms with Gasteiger partial charge in [-0.25, -0.2) is 0 Å². The number of carbonyl (C=O) groups is 2. The molecular weight excluding hydrogens is 316 g/mol. The van der Waals surface area contributed by atoms with Crippen LogP contribution in [-0.4, -0.2) is 26.3 Å². The predicted octanol–water partition coefficient (Wildman–Crippen LogP) is 3.61. The number of aldehydes is 1. The lowest BCUT2D eigenvalue weighted by Gasteiger charge is -2.49. The van der Waals surface area contributed by atoms with Gasteiger partial charge in [0.05, 0.1) is 14.2 Å². The molecule has 4 heteroatoms. The van der Waals surface area contributed by atoms with Gasteiger partial charge in [0.1, 0.15) is 23.6 Å². The Hall–Kier alpha value is -2.62. The van der Waals surface area contributed by atoms with Gasteiger partial charge in [-0.2, -0.15) is 0 Å².